The van der Waals surface area contributed by atoms with Gasteiger partial charge in [0.1, 0.15) is 11.6 Å². The Labute approximate surface area is 146 Å². The second kappa shape index (κ2) is 7.08. The number of hydrogen-bond acceptors (Lipinski definition) is 7. The molecule has 1 aliphatic rings. The van der Waals surface area contributed by atoms with Crippen LogP contribution in [0.4, 0.5) is 14.5 Å². The summed E-state index contributed by atoms with van der Waals surface area (Å²) in [4.78, 5) is 11.8. The molecule has 1 aromatic carbocycles. The van der Waals surface area contributed by atoms with Crippen LogP contribution in [0.5, 0.6) is 0 Å². The van der Waals surface area contributed by atoms with Gasteiger partial charge in [0.2, 0.25) is 11.8 Å². The van der Waals surface area contributed by atoms with Crippen LogP contribution in [0.2, 0.25) is 0 Å². The predicted octanol–water partition coefficient (Wildman–Crippen LogP) is 1.98. The molecule has 134 valence electrons. The zero-order chi connectivity index (χ0) is 18.0. The van der Waals surface area contributed by atoms with E-state index >= 15 is 0 Å². The van der Waals surface area contributed by atoms with E-state index in [1.807, 2.05) is 0 Å². The van der Waals surface area contributed by atoms with Gasteiger partial charge in [-0.15, -0.1) is 10.2 Å². The first kappa shape index (κ1) is 17.8. The summed E-state index contributed by atoms with van der Waals surface area (Å²) in [6.07, 6.45) is 0.430. The molecule has 0 saturated carbocycles. The summed E-state index contributed by atoms with van der Waals surface area (Å²) < 4.78 is 54.6. The molecule has 1 aliphatic heterocycles. The van der Waals surface area contributed by atoms with E-state index in [2.05, 4.69) is 15.5 Å². The average Bonchev–Trinajstić information content (AvgIpc) is 3.14. The van der Waals surface area contributed by atoms with E-state index in [0.717, 1.165) is 23.9 Å². The first-order chi connectivity index (χ1) is 11.8. The van der Waals surface area contributed by atoms with Crippen LogP contribution in [0, 0.1) is 11.6 Å². The normalized spacial score (nSPS) is 19.0. The third kappa shape index (κ3) is 4.54. The number of sulfone groups is 1. The fourth-order valence-corrected chi connectivity index (χ4v) is 4.64. The molecule has 2 heterocycles. The van der Waals surface area contributed by atoms with E-state index in [4.69, 9.17) is 4.42 Å². The lowest BCUT2D eigenvalue weighted by Crippen LogP contribution is -2.15. The Balaban J connectivity index is 1.54. The van der Waals surface area contributed by atoms with Crippen molar-refractivity contribution in [2.45, 2.75) is 17.6 Å². The lowest BCUT2D eigenvalue weighted by atomic mass is 10.1. The molecule has 0 radical (unpaired) electrons. The van der Waals surface area contributed by atoms with Gasteiger partial charge in [0, 0.05) is 6.07 Å². The fourth-order valence-electron chi connectivity index (χ4n) is 2.34. The Bertz CT molecular complexity index is 901. The molecule has 1 atom stereocenters. The molecule has 1 saturated heterocycles. The van der Waals surface area contributed by atoms with Gasteiger partial charge in [-0.1, -0.05) is 11.8 Å². The van der Waals surface area contributed by atoms with Crippen molar-refractivity contribution in [2.24, 2.45) is 0 Å². The fraction of sp³-hybridized carbons (Fsp3) is 0.357. The maximum absolute atomic E-state index is 13.5. The second-order valence-corrected chi connectivity index (χ2v) is 8.62. The number of amides is 1. The smallest absolute Gasteiger partial charge is 0.277 e. The highest BCUT2D eigenvalue weighted by atomic mass is 32.2. The summed E-state index contributed by atoms with van der Waals surface area (Å²) >= 11 is 0.938. The monoisotopic (exact) mass is 389 g/mol. The lowest BCUT2D eigenvalue weighted by Gasteiger charge is -2.05. The number of nitrogens with one attached hydrogen (secondary N) is 1. The van der Waals surface area contributed by atoms with Gasteiger partial charge in [-0.2, -0.15) is 0 Å². The van der Waals surface area contributed by atoms with Crippen LogP contribution in [0.1, 0.15) is 18.2 Å². The zero-order valence-corrected chi connectivity index (χ0v) is 14.4. The minimum Gasteiger partial charge on any atom is -0.416 e. The molecule has 1 aromatic heterocycles. The zero-order valence-electron chi connectivity index (χ0n) is 12.7. The van der Waals surface area contributed by atoms with Gasteiger partial charge in [0.25, 0.3) is 5.22 Å². The molecule has 0 unspecified atom stereocenters. The first-order valence-corrected chi connectivity index (χ1v) is 10.0. The molecule has 0 bridgehead atoms. The van der Waals surface area contributed by atoms with Gasteiger partial charge in [0.05, 0.1) is 28.9 Å². The quantitative estimate of drug-likeness (QED) is 0.780. The van der Waals surface area contributed by atoms with Crippen molar-refractivity contribution in [3.8, 4) is 0 Å². The number of thioether (sulfide) groups is 1. The highest BCUT2D eigenvalue weighted by Crippen LogP contribution is 2.29. The minimum atomic E-state index is -3.06. The van der Waals surface area contributed by atoms with Crippen molar-refractivity contribution in [3.05, 3.63) is 35.7 Å². The SMILES string of the molecule is O=C(CSc1nnc([C@H]2CCS(=O)(=O)C2)o1)Nc1ccc(F)cc1F. The van der Waals surface area contributed by atoms with Crippen molar-refractivity contribution in [1.29, 1.82) is 0 Å². The van der Waals surface area contributed by atoms with Crippen LogP contribution in [0.25, 0.3) is 0 Å². The number of nitrogens with zero attached hydrogens (tertiary/aromatic N) is 2. The Hall–Kier alpha value is -2.01. The summed E-state index contributed by atoms with van der Waals surface area (Å²) in [5, 5.41) is 10.0. The Morgan fingerprint density at radius 1 is 1.36 bits per heavy atom. The summed E-state index contributed by atoms with van der Waals surface area (Å²) in [7, 11) is -3.06. The van der Waals surface area contributed by atoms with Crippen molar-refractivity contribution in [2.75, 3.05) is 22.6 Å². The molecule has 1 fully saturated rings. The number of hydrogen-bond donors (Lipinski definition) is 1. The van der Waals surface area contributed by atoms with Crippen molar-refractivity contribution in [1.82, 2.24) is 10.2 Å². The second-order valence-electron chi connectivity index (χ2n) is 5.47. The number of carbonyl (C=O) groups excluding carboxylic acids is 1. The van der Waals surface area contributed by atoms with Gasteiger partial charge in [-0.25, -0.2) is 17.2 Å². The van der Waals surface area contributed by atoms with E-state index in [9.17, 15) is 22.0 Å². The number of anilines is 1. The Kier molecular flexibility index (Phi) is 5.04. The molecule has 0 spiro atoms. The van der Waals surface area contributed by atoms with Crippen LogP contribution in [0.15, 0.2) is 27.8 Å². The molecule has 0 aliphatic carbocycles. The summed E-state index contributed by atoms with van der Waals surface area (Å²) in [6.45, 7) is 0. The van der Waals surface area contributed by atoms with Crippen molar-refractivity contribution >= 4 is 33.2 Å². The topological polar surface area (TPSA) is 102 Å². The molecule has 25 heavy (non-hydrogen) atoms. The summed E-state index contributed by atoms with van der Waals surface area (Å²) in [5.74, 6) is -2.29. The minimum absolute atomic E-state index is 0.0242. The Morgan fingerprint density at radius 2 is 2.16 bits per heavy atom. The lowest BCUT2D eigenvalue weighted by molar-refractivity contribution is -0.113. The van der Waals surface area contributed by atoms with E-state index < -0.39 is 27.4 Å². The maximum Gasteiger partial charge on any atom is 0.277 e. The number of aromatic nitrogens is 2. The van der Waals surface area contributed by atoms with Gasteiger partial charge < -0.3 is 9.73 Å². The van der Waals surface area contributed by atoms with Gasteiger partial charge in [-0.3, -0.25) is 4.79 Å². The molecular weight excluding hydrogens is 376 g/mol. The Morgan fingerprint density at radius 3 is 2.84 bits per heavy atom. The highest BCUT2D eigenvalue weighted by Gasteiger charge is 2.32. The number of rotatable bonds is 5. The van der Waals surface area contributed by atoms with Crippen molar-refractivity contribution in [3.63, 3.8) is 0 Å². The molecule has 1 N–H and O–H groups in total. The summed E-state index contributed by atoms with van der Waals surface area (Å²) in [6, 6.07) is 2.83. The number of benzene rings is 1. The molecule has 3 rings (SSSR count). The third-order valence-corrected chi connectivity index (χ3v) is 6.12. The highest BCUT2D eigenvalue weighted by molar-refractivity contribution is 7.99. The summed E-state index contributed by atoms with van der Waals surface area (Å²) in [5.41, 5.74) is -0.130. The van der Waals surface area contributed by atoms with Crippen molar-refractivity contribution < 1.29 is 26.4 Å². The van der Waals surface area contributed by atoms with Gasteiger partial charge in [-0.05, 0) is 18.6 Å². The standard InChI is InChI=1S/C14H13F2N3O4S2/c15-9-1-2-11(10(16)5-9)17-12(20)6-24-14-19-18-13(23-14)8-3-4-25(21,22)7-8/h1-2,5,8H,3-4,6-7H2,(H,17,20)/t8-/m0/s1. The van der Waals surface area contributed by atoms with E-state index in [1.54, 1.807) is 0 Å². The molecular formula is C14H13F2N3O4S2. The van der Waals surface area contributed by atoms with Crippen LogP contribution in [-0.4, -0.2) is 41.8 Å². The molecule has 7 nitrogen and oxygen atoms in total. The molecule has 2 aromatic rings. The van der Waals surface area contributed by atoms with Gasteiger partial charge in [0.15, 0.2) is 9.84 Å². The first-order valence-electron chi connectivity index (χ1n) is 7.24. The number of carbonyl (C=O) groups is 1. The van der Waals surface area contributed by atoms with E-state index in [-0.39, 0.29) is 40.0 Å². The largest absolute Gasteiger partial charge is 0.416 e. The third-order valence-electron chi connectivity index (χ3n) is 3.54. The van der Waals surface area contributed by atoms with E-state index in [0.29, 0.717) is 12.5 Å². The van der Waals surface area contributed by atoms with Crippen LogP contribution in [-0.2, 0) is 14.6 Å². The van der Waals surface area contributed by atoms with E-state index in [1.165, 1.54) is 0 Å². The van der Waals surface area contributed by atoms with Crippen LogP contribution in [0.3, 0.4) is 0 Å². The van der Waals surface area contributed by atoms with Gasteiger partial charge >= 0.3 is 0 Å². The van der Waals surface area contributed by atoms with Crippen LogP contribution < -0.4 is 5.32 Å². The average molecular weight is 389 g/mol. The van der Waals surface area contributed by atoms with Crippen LogP contribution >= 0.6 is 11.8 Å². The molecule has 11 heteroatoms. The molecule has 1 amide bonds. The number of halogens is 2. The predicted molar refractivity (Wildman–Crippen MR) is 86.0 cm³/mol. The maximum atomic E-state index is 13.5.